The molecule has 1 fully saturated rings. The number of β-amino-alcohol motifs (C(OH)–C–C–N with tert-alkyl or cyclic N) is 1. The number of rotatable bonds is 6. The van der Waals surface area contributed by atoms with Crippen LogP contribution in [-0.4, -0.2) is 80.7 Å². The van der Waals surface area contributed by atoms with Gasteiger partial charge in [0.25, 0.3) is 0 Å². The molecule has 1 N–H and O–H groups in total. The first-order valence-corrected chi connectivity index (χ1v) is 7.46. The van der Waals surface area contributed by atoms with Gasteiger partial charge >= 0.3 is 0 Å². The van der Waals surface area contributed by atoms with Crippen molar-refractivity contribution in [2.45, 2.75) is 0 Å². The molecule has 21 heavy (non-hydrogen) atoms. The molecule has 1 aliphatic rings. The first-order chi connectivity index (χ1) is 10.1. The van der Waals surface area contributed by atoms with Gasteiger partial charge in [0.2, 0.25) is 0 Å². The molecule has 1 aromatic rings. The van der Waals surface area contributed by atoms with Crippen molar-refractivity contribution in [1.29, 1.82) is 0 Å². The Morgan fingerprint density at radius 3 is 2.29 bits per heavy atom. The molecule has 1 heterocycles. The Hall–Kier alpha value is -1.43. The lowest BCUT2D eigenvalue weighted by atomic mass is 10.1. The zero-order valence-electron chi connectivity index (χ0n) is 13.0. The van der Waals surface area contributed by atoms with Gasteiger partial charge in [0.05, 0.1) is 13.2 Å². The Balaban J connectivity index is 1.92. The Bertz CT molecular complexity index is 451. The van der Waals surface area contributed by atoms with E-state index in [1.165, 1.54) is 5.69 Å². The minimum atomic E-state index is 0.152. The topological polar surface area (TPSA) is 47.0 Å². The van der Waals surface area contributed by atoms with Crippen molar-refractivity contribution in [2.24, 2.45) is 0 Å². The number of hydrogen-bond acceptors (Lipinski definition) is 5. The second kappa shape index (κ2) is 7.54. The summed E-state index contributed by atoms with van der Waals surface area (Å²) in [4.78, 5) is 18.5. The molecule has 2 rings (SSSR count). The first-order valence-electron chi connectivity index (χ1n) is 7.46. The van der Waals surface area contributed by atoms with Gasteiger partial charge in [0, 0.05) is 44.0 Å². The molecule has 0 radical (unpaired) electrons. The third-order valence-electron chi connectivity index (χ3n) is 3.80. The van der Waals surface area contributed by atoms with Crippen LogP contribution in [0.1, 0.15) is 10.4 Å². The normalized spacial score (nSPS) is 16.5. The molecular formula is C16H25N3O2. The van der Waals surface area contributed by atoms with Gasteiger partial charge in [-0.25, -0.2) is 0 Å². The molecule has 1 aromatic carbocycles. The predicted molar refractivity (Wildman–Crippen MR) is 85.1 cm³/mol. The second-order valence-corrected chi connectivity index (χ2v) is 5.76. The lowest BCUT2D eigenvalue weighted by Crippen LogP contribution is -2.47. The number of likely N-dealkylation sites (N-methyl/N-ethyl adjacent to an activating group) is 1. The number of Topliss-reactive ketones (excluding diaryl/α,β-unsaturated/α-hetero) is 1. The second-order valence-electron chi connectivity index (χ2n) is 5.76. The number of carbonyl (C=O) groups is 1. The highest BCUT2D eigenvalue weighted by atomic mass is 16.3. The van der Waals surface area contributed by atoms with E-state index in [0.717, 1.165) is 38.3 Å². The molecule has 0 bridgehead atoms. The first kappa shape index (κ1) is 15.9. The van der Waals surface area contributed by atoms with Gasteiger partial charge in [-0.1, -0.05) is 0 Å². The van der Waals surface area contributed by atoms with Crippen molar-refractivity contribution in [1.82, 2.24) is 9.80 Å². The van der Waals surface area contributed by atoms with Crippen LogP contribution in [-0.2, 0) is 0 Å². The van der Waals surface area contributed by atoms with Crippen LogP contribution in [0.2, 0.25) is 0 Å². The quantitative estimate of drug-likeness (QED) is 0.776. The number of nitrogens with zero attached hydrogens (tertiary/aromatic N) is 3. The maximum Gasteiger partial charge on any atom is 0.176 e. The maximum atomic E-state index is 12.0. The highest BCUT2D eigenvalue weighted by Crippen LogP contribution is 2.17. The Morgan fingerprint density at radius 2 is 1.76 bits per heavy atom. The fourth-order valence-corrected chi connectivity index (χ4v) is 2.61. The van der Waals surface area contributed by atoms with E-state index in [2.05, 4.69) is 9.80 Å². The largest absolute Gasteiger partial charge is 0.395 e. The van der Waals surface area contributed by atoms with Crippen molar-refractivity contribution in [3.05, 3.63) is 29.8 Å². The highest BCUT2D eigenvalue weighted by molar-refractivity contribution is 5.97. The van der Waals surface area contributed by atoms with Crippen LogP contribution in [0, 0.1) is 0 Å². The fraction of sp³-hybridized carbons (Fsp3) is 0.562. The summed E-state index contributed by atoms with van der Waals surface area (Å²) in [7, 11) is 3.80. The van der Waals surface area contributed by atoms with Gasteiger partial charge in [-0.2, -0.15) is 0 Å². The molecule has 1 aliphatic heterocycles. The van der Waals surface area contributed by atoms with Crippen LogP contribution >= 0.6 is 0 Å². The molecule has 1 saturated heterocycles. The summed E-state index contributed by atoms with van der Waals surface area (Å²) >= 11 is 0. The van der Waals surface area contributed by atoms with Crippen LogP contribution in [0.15, 0.2) is 24.3 Å². The van der Waals surface area contributed by atoms with Gasteiger partial charge in [-0.15, -0.1) is 0 Å². The summed E-state index contributed by atoms with van der Waals surface area (Å²) in [5.74, 6) is 0.152. The van der Waals surface area contributed by atoms with Crippen molar-refractivity contribution in [3.63, 3.8) is 0 Å². The van der Waals surface area contributed by atoms with E-state index in [4.69, 9.17) is 5.11 Å². The third-order valence-corrected chi connectivity index (χ3v) is 3.80. The monoisotopic (exact) mass is 291 g/mol. The Kier molecular flexibility index (Phi) is 5.73. The smallest absolute Gasteiger partial charge is 0.176 e. The summed E-state index contributed by atoms with van der Waals surface area (Å²) in [5, 5.41) is 8.96. The number of benzene rings is 1. The minimum absolute atomic E-state index is 0.152. The molecule has 0 amide bonds. The van der Waals surface area contributed by atoms with E-state index < -0.39 is 0 Å². The van der Waals surface area contributed by atoms with E-state index in [-0.39, 0.29) is 12.4 Å². The molecule has 5 nitrogen and oxygen atoms in total. The number of aliphatic hydroxyl groups is 1. The third kappa shape index (κ3) is 4.52. The van der Waals surface area contributed by atoms with Crippen LogP contribution in [0.25, 0.3) is 0 Å². The molecule has 0 aromatic heterocycles. The summed E-state index contributed by atoms with van der Waals surface area (Å²) in [6.07, 6.45) is 0. The van der Waals surface area contributed by atoms with Gasteiger partial charge in [0.1, 0.15) is 0 Å². The van der Waals surface area contributed by atoms with E-state index in [9.17, 15) is 4.79 Å². The van der Waals surface area contributed by atoms with Crippen molar-refractivity contribution in [2.75, 3.05) is 64.9 Å². The van der Waals surface area contributed by atoms with E-state index in [1.807, 2.05) is 43.3 Å². The zero-order chi connectivity index (χ0) is 15.2. The van der Waals surface area contributed by atoms with Gasteiger partial charge in [-0.3, -0.25) is 9.69 Å². The van der Waals surface area contributed by atoms with E-state index in [1.54, 1.807) is 0 Å². The molecule has 0 spiro atoms. The summed E-state index contributed by atoms with van der Waals surface area (Å²) < 4.78 is 0. The van der Waals surface area contributed by atoms with E-state index >= 15 is 0 Å². The molecule has 0 atom stereocenters. The lowest BCUT2D eigenvalue weighted by molar-refractivity contribution is 0.0958. The van der Waals surface area contributed by atoms with Crippen LogP contribution in [0.4, 0.5) is 5.69 Å². The molecule has 5 heteroatoms. The average molecular weight is 291 g/mol. The standard InChI is InChI=1S/C16H25N3O2/c1-17(2)13-16(21)14-3-5-15(6-4-14)19-9-7-18(8-10-19)11-12-20/h3-6,20H,7-13H2,1-2H3. The molecule has 0 unspecified atom stereocenters. The number of ketones is 1. The lowest BCUT2D eigenvalue weighted by Gasteiger charge is -2.35. The highest BCUT2D eigenvalue weighted by Gasteiger charge is 2.17. The van der Waals surface area contributed by atoms with Gasteiger partial charge in [0.15, 0.2) is 5.78 Å². The number of piperazine rings is 1. The van der Waals surface area contributed by atoms with Gasteiger partial charge in [-0.05, 0) is 38.4 Å². The van der Waals surface area contributed by atoms with Crippen LogP contribution in [0.3, 0.4) is 0 Å². The average Bonchev–Trinajstić information content (AvgIpc) is 2.48. The summed E-state index contributed by atoms with van der Waals surface area (Å²) in [6.45, 7) is 5.30. The van der Waals surface area contributed by atoms with Crippen molar-refractivity contribution in [3.8, 4) is 0 Å². The van der Waals surface area contributed by atoms with Crippen LogP contribution < -0.4 is 4.90 Å². The van der Waals surface area contributed by atoms with E-state index in [0.29, 0.717) is 6.54 Å². The zero-order valence-corrected chi connectivity index (χ0v) is 13.0. The molecule has 116 valence electrons. The number of carbonyl (C=O) groups excluding carboxylic acids is 1. The molecular weight excluding hydrogens is 266 g/mol. The van der Waals surface area contributed by atoms with Crippen molar-refractivity contribution >= 4 is 11.5 Å². The number of aliphatic hydroxyl groups excluding tert-OH is 1. The maximum absolute atomic E-state index is 12.0. The van der Waals surface area contributed by atoms with Crippen molar-refractivity contribution < 1.29 is 9.90 Å². The predicted octanol–water partition coefficient (Wildman–Crippen LogP) is 0.545. The van der Waals surface area contributed by atoms with Gasteiger partial charge < -0.3 is 14.9 Å². The summed E-state index contributed by atoms with van der Waals surface area (Å²) in [5.41, 5.74) is 1.94. The minimum Gasteiger partial charge on any atom is -0.395 e. The number of hydrogen-bond donors (Lipinski definition) is 1. The Labute approximate surface area is 126 Å². The SMILES string of the molecule is CN(C)CC(=O)c1ccc(N2CCN(CCO)CC2)cc1. The Morgan fingerprint density at radius 1 is 1.14 bits per heavy atom. The van der Waals surface area contributed by atoms with Crippen LogP contribution in [0.5, 0.6) is 0 Å². The fourth-order valence-electron chi connectivity index (χ4n) is 2.61. The number of anilines is 1. The molecule has 0 aliphatic carbocycles. The summed E-state index contributed by atoms with van der Waals surface area (Å²) in [6, 6.07) is 7.90. The molecule has 0 saturated carbocycles.